The second-order valence-electron chi connectivity index (χ2n) is 3.93. The van der Waals surface area contributed by atoms with E-state index in [-0.39, 0.29) is 15.2 Å². The maximum Gasteiger partial charge on any atom is 0.264 e. The highest BCUT2D eigenvalue weighted by atomic mass is 32.2. The second kappa shape index (κ2) is 5.54. The molecular weight excluding hydrogens is 332 g/mol. The predicted molar refractivity (Wildman–Crippen MR) is 76.6 cm³/mol. The molecule has 22 heavy (non-hydrogen) atoms. The van der Waals surface area contributed by atoms with Crippen LogP contribution in [0, 0.1) is 0 Å². The van der Waals surface area contributed by atoms with Gasteiger partial charge in [-0.3, -0.25) is 0 Å². The summed E-state index contributed by atoms with van der Waals surface area (Å²) in [6.45, 7) is 0. The van der Waals surface area contributed by atoms with Gasteiger partial charge in [-0.2, -0.15) is 0 Å². The SMILES string of the molecule is [N-]=[N+]=NS(=O)(=O)c1ccc2cccc(S(=O)(=O)N=[N+]=[N-])c2c1. The number of benzene rings is 2. The van der Waals surface area contributed by atoms with Crippen LogP contribution < -0.4 is 0 Å². The van der Waals surface area contributed by atoms with Crippen molar-refractivity contribution in [2.24, 2.45) is 9.04 Å². The summed E-state index contributed by atoms with van der Waals surface area (Å²) in [5.41, 5.74) is 16.6. The fourth-order valence-corrected chi connectivity index (χ4v) is 3.38. The van der Waals surface area contributed by atoms with Gasteiger partial charge in [-0.25, -0.2) is 16.8 Å². The van der Waals surface area contributed by atoms with Gasteiger partial charge in [0.15, 0.2) is 0 Å². The molecule has 0 bridgehead atoms. The third-order valence-corrected chi connectivity index (χ3v) is 5.01. The summed E-state index contributed by atoms with van der Waals surface area (Å²) in [5, 5.41) is 0.443. The van der Waals surface area contributed by atoms with E-state index in [9.17, 15) is 16.8 Å². The summed E-state index contributed by atoms with van der Waals surface area (Å²) in [6.07, 6.45) is 0. The van der Waals surface area contributed by atoms with Gasteiger partial charge in [-0.1, -0.05) is 18.2 Å². The zero-order valence-electron chi connectivity index (χ0n) is 10.6. The van der Waals surface area contributed by atoms with E-state index in [1.165, 1.54) is 24.3 Å². The van der Waals surface area contributed by atoms with Crippen LogP contribution in [0.1, 0.15) is 0 Å². The van der Waals surface area contributed by atoms with E-state index in [2.05, 4.69) is 18.9 Å². The molecule has 0 radical (unpaired) electrons. The van der Waals surface area contributed by atoms with Crippen LogP contribution >= 0.6 is 0 Å². The Morgan fingerprint density at radius 1 is 0.864 bits per heavy atom. The Hall–Kier alpha value is -2.78. The number of fused-ring (bicyclic) bond motifs is 1. The van der Waals surface area contributed by atoms with Crippen LogP contribution in [0.25, 0.3) is 31.7 Å². The van der Waals surface area contributed by atoms with E-state index in [0.29, 0.717) is 5.39 Å². The predicted octanol–water partition coefficient (Wildman–Crippen LogP) is 2.84. The van der Waals surface area contributed by atoms with E-state index < -0.39 is 20.0 Å². The van der Waals surface area contributed by atoms with Gasteiger partial charge in [0, 0.05) is 24.2 Å². The molecule has 112 valence electrons. The molecule has 2 aromatic carbocycles. The van der Waals surface area contributed by atoms with E-state index in [0.717, 1.165) is 6.07 Å². The quantitative estimate of drug-likeness (QED) is 0.475. The number of hydrogen-bond acceptors (Lipinski definition) is 4. The Morgan fingerprint density at radius 2 is 1.50 bits per heavy atom. The largest absolute Gasteiger partial charge is 0.264 e. The molecule has 0 aliphatic carbocycles. The van der Waals surface area contributed by atoms with Gasteiger partial charge in [0.05, 0.1) is 9.79 Å². The smallest absolute Gasteiger partial charge is 0.216 e. The number of nitrogens with zero attached hydrogens (tertiary/aromatic N) is 6. The van der Waals surface area contributed by atoms with Crippen molar-refractivity contribution in [1.29, 1.82) is 0 Å². The Labute approximate surface area is 124 Å². The molecule has 0 aliphatic rings. The molecule has 0 spiro atoms. The molecule has 0 amide bonds. The monoisotopic (exact) mass is 338 g/mol. The van der Waals surface area contributed by atoms with Gasteiger partial charge in [-0.15, -0.1) is 0 Å². The standard InChI is InChI=1S/C10H6N6O4S2/c11-13-15-21(17,18)8-5-4-7-2-1-3-10(9(7)6-8)22(19,20)16-14-12/h1-6H. The first-order chi connectivity index (χ1) is 10.3. The number of rotatable bonds is 4. The molecule has 2 aromatic rings. The lowest BCUT2D eigenvalue weighted by molar-refractivity contribution is 0.595. The minimum atomic E-state index is -4.30. The summed E-state index contributed by atoms with van der Waals surface area (Å²) in [5.74, 6) is 0. The van der Waals surface area contributed by atoms with Crippen LogP contribution in [0.5, 0.6) is 0 Å². The van der Waals surface area contributed by atoms with Gasteiger partial charge in [-0.05, 0) is 34.6 Å². The van der Waals surface area contributed by atoms with Crippen LogP contribution in [0.2, 0.25) is 0 Å². The van der Waals surface area contributed by atoms with Gasteiger partial charge in [0.25, 0.3) is 20.0 Å². The molecule has 2 rings (SSSR count). The maximum atomic E-state index is 11.9. The first-order valence-corrected chi connectivity index (χ1v) is 8.35. The highest BCUT2D eigenvalue weighted by molar-refractivity contribution is 7.90. The summed E-state index contributed by atoms with van der Waals surface area (Å²) >= 11 is 0. The van der Waals surface area contributed by atoms with Crippen LogP contribution in [0.15, 0.2) is 55.2 Å². The lowest BCUT2D eigenvalue weighted by atomic mass is 10.1. The minimum Gasteiger partial charge on any atom is -0.216 e. The molecule has 10 nitrogen and oxygen atoms in total. The highest BCUT2D eigenvalue weighted by Crippen LogP contribution is 2.27. The van der Waals surface area contributed by atoms with Crippen molar-refractivity contribution < 1.29 is 16.8 Å². The van der Waals surface area contributed by atoms with Gasteiger partial charge >= 0.3 is 0 Å². The highest BCUT2D eigenvalue weighted by Gasteiger charge is 2.18. The van der Waals surface area contributed by atoms with Crippen molar-refractivity contribution in [3.05, 3.63) is 57.3 Å². The average Bonchev–Trinajstić information content (AvgIpc) is 2.46. The molecule has 0 unspecified atom stereocenters. The lowest BCUT2D eigenvalue weighted by Gasteiger charge is -2.06. The van der Waals surface area contributed by atoms with E-state index >= 15 is 0 Å². The van der Waals surface area contributed by atoms with Crippen LogP contribution in [0.4, 0.5) is 0 Å². The zero-order chi connectivity index (χ0) is 16.4. The number of azide groups is 2. The summed E-state index contributed by atoms with van der Waals surface area (Å²) in [7, 11) is -8.57. The second-order valence-corrected chi connectivity index (χ2v) is 7.07. The normalized spacial score (nSPS) is 11.5. The zero-order valence-corrected chi connectivity index (χ0v) is 12.2. The molecule has 0 saturated heterocycles. The Balaban J connectivity index is 2.88. The number of sulfonamides is 2. The topological polar surface area (TPSA) is 166 Å². The third kappa shape index (κ3) is 2.80. The molecular formula is C10H6N6O4S2. The molecule has 0 aromatic heterocycles. The van der Waals surface area contributed by atoms with Crippen molar-refractivity contribution in [2.45, 2.75) is 9.79 Å². The van der Waals surface area contributed by atoms with Crippen molar-refractivity contribution >= 4 is 30.8 Å². The molecule has 0 heterocycles. The van der Waals surface area contributed by atoms with Gasteiger partial charge in [0.2, 0.25) is 0 Å². The summed E-state index contributed by atoms with van der Waals surface area (Å²) < 4.78 is 52.6. The molecule has 0 saturated carbocycles. The van der Waals surface area contributed by atoms with Gasteiger partial charge < -0.3 is 0 Å². The van der Waals surface area contributed by atoms with Crippen LogP contribution in [-0.2, 0) is 20.0 Å². The maximum absolute atomic E-state index is 11.9. The Morgan fingerprint density at radius 3 is 2.14 bits per heavy atom. The average molecular weight is 338 g/mol. The third-order valence-electron chi connectivity index (χ3n) is 2.68. The molecule has 0 aliphatic heterocycles. The van der Waals surface area contributed by atoms with E-state index in [1.54, 1.807) is 6.07 Å². The van der Waals surface area contributed by atoms with Crippen molar-refractivity contribution in [2.75, 3.05) is 0 Å². The Kier molecular flexibility index (Phi) is 3.93. The lowest BCUT2D eigenvalue weighted by Crippen LogP contribution is -1.99. The molecule has 0 N–H and O–H groups in total. The summed E-state index contributed by atoms with van der Waals surface area (Å²) in [4.78, 5) is 3.74. The van der Waals surface area contributed by atoms with E-state index in [4.69, 9.17) is 11.1 Å². The summed E-state index contributed by atoms with van der Waals surface area (Å²) in [6, 6.07) is 7.72. The molecule has 12 heteroatoms. The van der Waals surface area contributed by atoms with E-state index in [1.807, 2.05) is 0 Å². The van der Waals surface area contributed by atoms with Crippen molar-refractivity contribution in [3.8, 4) is 0 Å². The fraction of sp³-hybridized carbons (Fsp3) is 0. The van der Waals surface area contributed by atoms with Crippen LogP contribution in [0.3, 0.4) is 0 Å². The van der Waals surface area contributed by atoms with Crippen LogP contribution in [-0.4, -0.2) is 16.8 Å². The Bertz CT molecular complexity index is 1060. The molecule has 0 atom stereocenters. The first-order valence-electron chi connectivity index (χ1n) is 5.47. The van der Waals surface area contributed by atoms with Crippen molar-refractivity contribution in [1.82, 2.24) is 0 Å². The van der Waals surface area contributed by atoms with Gasteiger partial charge in [0.1, 0.15) is 0 Å². The van der Waals surface area contributed by atoms with Crippen molar-refractivity contribution in [3.63, 3.8) is 0 Å². The molecule has 0 fully saturated rings. The fourth-order valence-electron chi connectivity index (χ4n) is 1.80. The first kappa shape index (κ1) is 15.6. The number of hydrogen-bond donors (Lipinski definition) is 0. The minimum absolute atomic E-state index is 0.0316.